The molecule has 2 aliphatic heterocycles. The Morgan fingerprint density at radius 1 is 1.06 bits per heavy atom. The van der Waals surface area contributed by atoms with E-state index in [-0.39, 0.29) is 24.8 Å². The lowest BCUT2D eigenvalue weighted by molar-refractivity contribution is -0.131. The molecule has 2 fully saturated rings. The molecule has 9 heteroatoms. The number of nitrogens with one attached hydrogen (secondary N) is 1. The number of nitrogens with zero attached hydrogens (tertiary/aromatic N) is 2. The molecule has 0 spiro atoms. The Morgan fingerprint density at radius 2 is 1.66 bits per heavy atom. The van der Waals surface area contributed by atoms with E-state index in [4.69, 9.17) is 19.8 Å². The first-order chi connectivity index (χ1) is 15.4. The lowest BCUT2D eigenvalue weighted by atomic mass is 9.93. The van der Waals surface area contributed by atoms with Gasteiger partial charge in [0.25, 0.3) is 12.9 Å². The molecule has 1 amide bonds. The van der Waals surface area contributed by atoms with Crippen molar-refractivity contribution < 1.29 is 29.7 Å². The molecule has 0 bridgehead atoms. The van der Waals surface area contributed by atoms with Crippen molar-refractivity contribution >= 4 is 18.9 Å². The second kappa shape index (κ2) is 16.2. The summed E-state index contributed by atoms with van der Waals surface area (Å²) in [4.78, 5) is 33.8. The average molecular weight is 452 g/mol. The van der Waals surface area contributed by atoms with Crippen LogP contribution >= 0.6 is 0 Å². The maximum Gasteiger partial charge on any atom is 0.290 e. The number of hydrogen-bond donors (Lipinski definition) is 4. The van der Waals surface area contributed by atoms with Crippen LogP contribution in [-0.4, -0.2) is 96.4 Å². The number of carbonyl (C=O) groups excluding carboxylic acids is 1. The molecular weight excluding hydrogens is 414 g/mol. The zero-order valence-corrected chi connectivity index (χ0v) is 18.8. The molecular formula is C23H37N3O6. The van der Waals surface area contributed by atoms with Gasteiger partial charge in [-0.15, -0.1) is 0 Å². The predicted octanol–water partition coefficient (Wildman–Crippen LogP) is 0.772. The summed E-state index contributed by atoms with van der Waals surface area (Å²) in [6, 6.07) is 10.7. The smallest absolute Gasteiger partial charge is 0.290 e. The fraction of sp³-hybridized carbons (Fsp3) is 0.609. The minimum atomic E-state index is -0.494. The van der Waals surface area contributed by atoms with Crippen LogP contribution in [0.3, 0.4) is 0 Å². The lowest BCUT2D eigenvalue weighted by Gasteiger charge is -2.34. The quantitative estimate of drug-likeness (QED) is 0.467. The van der Waals surface area contributed by atoms with Crippen molar-refractivity contribution in [3.8, 4) is 0 Å². The number of carboxylic acid groups (broad SMARTS) is 2. The number of likely N-dealkylation sites (tertiary alicyclic amines) is 2. The minimum Gasteiger partial charge on any atom is -0.483 e. The van der Waals surface area contributed by atoms with Crippen LogP contribution in [0.4, 0.5) is 0 Å². The van der Waals surface area contributed by atoms with E-state index in [2.05, 4.69) is 45.4 Å². The van der Waals surface area contributed by atoms with Gasteiger partial charge in [0.2, 0.25) is 5.91 Å². The van der Waals surface area contributed by atoms with Gasteiger partial charge in [-0.1, -0.05) is 30.3 Å². The van der Waals surface area contributed by atoms with Crippen molar-refractivity contribution in [2.75, 3.05) is 46.3 Å². The molecule has 1 aromatic carbocycles. The maximum absolute atomic E-state index is 12.4. The Morgan fingerprint density at radius 3 is 2.25 bits per heavy atom. The van der Waals surface area contributed by atoms with E-state index in [9.17, 15) is 9.90 Å². The fourth-order valence-corrected chi connectivity index (χ4v) is 4.08. The van der Waals surface area contributed by atoms with E-state index in [1.807, 2.05) is 7.05 Å². The number of amides is 1. The highest BCUT2D eigenvalue weighted by Crippen LogP contribution is 2.19. The largest absolute Gasteiger partial charge is 0.483 e. The van der Waals surface area contributed by atoms with Crippen molar-refractivity contribution in [1.82, 2.24) is 15.1 Å². The van der Waals surface area contributed by atoms with Crippen molar-refractivity contribution in [1.29, 1.82) is 0 Å². The van der Waals surface area contributed by atoms with Crippen LogP contribution in [0.25, 0.3) is 0 Å². The van der Waals surface area contributed by atoms with E-state index in [1.54, 1.807) is 0 Å². The zero-order valence-electron chi connectivity index (χ0n) is 18.8. The minimum absolute atomic E-state index is 0.0237. The fourth-order valence-electron chi connectivity index (χ4n) is 4.08. The third-order valence-electron chi connectivity index (χ3n) is 5.95. The molecule has 1 aromatic rings. The van der Waals surface area contributed by atoms with E-state index in [0.29, 0.717) is 18.9 Å². The highest BCUT2D eigenvalue weighted by molar-refractivity contribution is 5.79. The van der Waals surface area contributed by atoms with Crippen LogP contribution in [0.15, 0.2) is 30.3 Å². The molecule has 4 N–H and O–H groups in total. The first kappa shape index (κ1) is 27.5. The van der Waals surface area contributed by atoms with Gasteiger partial charge in [-0.2, -0.15) is 0 Å². The Bertz CT molecular complexity index is 646. The summed E-state index contributed by atoms with van der Waals surface area (Å²) in [5.41, 5.74) is 1.40. The summed E-state index contributed by atoms with van der Waals surface area (Å²) < 4.78 is 0. The second-order valence-corrected chi connectivity index (χ2v) is 8.20. The zero-order chi connectivity index (χ0) is 23.8. The van der Waals surface area contributed by atoms with Crippen molar-refractivity contribution in [3.05, 3.63) is 35.9 Å². The standard InChI is InChI=1S/C21H33N3O2.2CH2O2/c1-23-11-10-20(25)19(16-23)21(26)22-15-18-8-13-24(14-9-18)12-7-17-5-3-2-4-6-17;2*2-1-3/h2-6,18-20,25H,7-16H2,1H3,(H,22,26);2*1H,(H,2,3)/t19-,20-;;/m1../s1. The molecule has 9 nitrogen and oxygen atoms in total. The lowest BCUT2D eigenvalue weighted by Crippen LogP contribution is -2.49. The molecule has 0 aliphatic carbocycles. The predicted molar refractivity (Wildman–Crippen MR) is 121 cm³/mol. The van der Waals surface area contributed by atoms with Gasteiger partial charge in [-0.25, -0.2) is 0 Å². The van der Waals surface area contributed by atoms with Crippen LogP contribution in [0.5, 0.6) is 0 Å². The molecule has 180 valence electrons. The number of hydrogen-bond acceptors (Lipinski definition) is 6. The highest BCUT2D eigenvalue weighted by atomic mass is 16.3. The number of carbonyl (C=O) groups is 3. The van der Waals surface area contributed by atoms with Gasteiger partial charge in [0.05, 0.1) is 12.0 Å². The molecule has 2 aliphatic rings. The molecule has 0 saturated carbocycles. The van der Waals surface area contributed by atoms with Crippen molar-refractivity contribution in [3.63, 3.8) is 0 Å². The van der Waals surface area contributed by atoms with Gasteiger partial charge in [-0.05, 0) is 57.3 Å². The Kier molecular flexibility index (Phi) is 13.9. The number of aliphatic hydroxyl groups is 1. The number of benzene rings is 1. The summed E-state index contributed by atoms with van der Waals surface area (Å²) in [7, 11) is 2.01. The van der Waals surface area contributed by atoms with Crippen molar-refractivity contribution in [2.45, 2.75) is 31.8 Å². The van der Waals surface area contributed by atoms with E-state index < -0.39 is 6.10 Å². The highest BCUT2D eigenvalue weighted by Gasteiger charge is 2.32. The first-order valence-electron chi connectivity index (χ1n) is 11.0. The molecule has 3 rings (SSSR count). The van der Waals surface area contributed by atoms with Crippen LogP contribution in [-0.2, 0) is 20.8 Å². The van der Waals surface area contributed by atoms with E-state index >= 15 is 0 Å². The second-order valence-electron chi connectivity index (χ2n) is 8.20. The maximum atomic E-state index is 12.4. The molecule has 0 radical (unpaired) electrons. The Labute approximate surface area is 190 Å². The van der Waals surface area contributed by atoms with Gasteiger partial charge in [0.1, 0.15) is 0 Å². The molecule has 2 saturated heterocycles. The third kappa shape index (κ3) is 10.7. The molecule has 32 heavy (non-hydrogen) atoms. The number of piperidine rings is 2. The van der Waals surface area contributed by atoms with Crippen LogP contribution < -0.4 is 5.32 Å². The van der Waals surface area contributed by atoms with Gasteiger partial charge < -0.3 is 30.4 Å². The van der Waals surface area contributed by atoms with E-state index in [1.165, 1.54) is 5.56 Å². The molecule has 0 aromatic heterocycles. The third-order valence-corrected chi connectivity index (χ3v) is 5.95. The molecule has 2 atom stereocenters. The van der Waals surface area contributed by atoms with Crippen molar-refractivity contribution in [2.24, 2.45) is 11.8 Å². The average Bonchev–Trinajstić information content (AvgIpc) is 2.80. The number of aliphatic hydroxyl groups excluding tert-OH is 1. The summed E-state index contributed by atoms with van der Waals surface area (Å²) in [5.74, 6) is 0.306. The monoisotopic (exact) mass is 451 g/mol. The van der Waals surface area contributed by atoms with Crippen LogP contribution in [0.2, 0.25) is 0 Å². The Hall–Kier alpha value is -2.49. The molecule has 2 heterocycles. The topological polar surface area (TPSA) is 130 Å². The van der Waals surface area contributed by atoms with Gasteiger partial charge in [0.15, 0.2) is 0 Å². The normalized spacial score (nSPS) is 21.8. The van der Waals surface area contributed by atoms with Gasteiger partial charge in [-0.3, -0.25) is 14.4 Å². The van der Waals surface area contributed by atoms with Crippen LogP contribution in [0, 0.1) is 11.8 Å². The SMILES string of the molecule is CN1CC[C@@H](O)[C@H](C(=O)NCC2CCN(CCc3ccccc3)CC2)C1.O=CO.O=CO. The van der Waals surface area contributed by atoms with Gasteiger partial charge >= 0.3 is 0 Å². The number of rotatable bonds is 6. The summed E-state index contributed by atoms with van der Waals surface area (Å²) in [6.45, 7) is 5.11. The summed E-state index contributed by atoms with van der Waals surface area (Å²) in [5, 5.41) is 27.0. The Balaban J connectivity index is 0.000000769. The van der Waals surface area contributed by atoms with Gasteiger partial charge in [0, 0.05) is 26.2 Å². The molecule has 0 unspecified atom stereocenters. The summed E-state index contributed by atoms with van der Waals surface area (Å²) >= 11 is 0. The van der Waals surface area contributed by atoms with Crippen LogP contribution in [0.1, 0.15) is 24.8 Å². The summed E-state index contributed by atoms with van der Waals surface area (Å²) in [6.07, 6.45) is 3.58. The first-order valence-corrected chi connectivity index (χ1v) is 11.0. The van der Waals surface area contributed by atoms with E-state index in [0.717, 1.165) is 52.0 Å².